The van der Waals surface area contributed by atoms with Crippen LogP contribution in [0.15, 0.2) is 58.6 Å². The summed E-state index contributed by atoms with van der Waals surface area (Å²) in [6.45, 7) is 0.674. The Hall–Kier alpha value is -2.73. The van der Waals surface area contributed by atoms with Gasteiger partial charge in [-0.2, -0.15) is 13.2 Å². The van der Waals surface area contributed by atoms with Crippen molar-refractivity contribution < 1.29 is 27.9 Å². The molecule has 1 N–H and O–H groups in total. The van der Waals surface area contributed by atoms with E-state index in [9.17, 15) is 27.9 Å². The topological polar surface area (TPSA) is 67.3 Å². The number of hydrazine groups is 1. The van der Waals surface area contributed by atoms with Crippen LogP contribution in [0.2, 0.25) is 0 Å². The van der Waals surface area contributed by atoms with Crippen molar-refractivity contribution in [1.82, 2.24) is 14.9 Å². The summed E-state index contributed by atoms with van der Waals surface area (Å²) in [5.74, 6) is -1.47. The van der Waals surface area contributed by atoms with Crippen molar-refractivity contribution >= 4 is 40.7 Å². The number of benzene rings is 2. The van der Waals surface area contributed by atoms with E-state index >= 15 is 0 Å². The fourth-order valence-electron chi connectivity index (χ4n) is 5.45. The Balaban J connectivity index is 1.65. The first-order chi connectivity index (χ1) is 18.4. The van der Waals surface area contributed by atoms with Crippen LogP contribution in [0.25, 0.3) is 0 Å². The van der Waals surface area contributed by atoms with Gasteiger partial charge in [-0.25, -0.2) is 5.01 Å². The van der Waals surface area contributed by atoms with E-state index in [2.05, 4.69) is 6.07 Å². The molecule has 0 saturated carbocycles. The van der Waals surface area contributed by atoms with Gasteiger partial charge < -0.3 is 14.9 Å². The maximum atomic E-state index is 13.8. The minimum Gasteiger partial charge on any atom is -0.382 e. The van der Waals surface area contributed by atoms with Gasteiger partial charge in [0.1, 0.15) is 17.2 Å². The highest BCUT2D eigenvalue weighted by atomic mass is 35.5. The number of Topliss-reactive ketones (excluding diaryl/α,β-unsaturated/α-hetero) is 1. The molecule has 0 radical (unpaired) electrons. The summed E-state index contributed by atoms with van der Waals surface area (Å²) in [7, 11) is 3.88. The van der Waals surface area contributed by atoms with Crippen LogP contribution in [-0.2, 0) is 15.3 Å². The summed E-state index contributed by atoms with van der Waals surface area (Å²) in [5, 5.41) is 13.4. The second-order valence-corrected chi connectivity index (χ2v) is 11.5. The van der Waals surface area contributed by atoms with Gasteiger partial charge in [-0.15, -0.1) is 11.8 Å². The summed E-state index contributed by atoms with van der Waals surface area (Å²) in [6.07, 6.45) is -5.36. The quantitative estimate of drug-likeness (QED) is 0.583. The predicted molar refractivity (Wildman–Crippen MR) is 143 cm³/mol. The van der Waals surface area contributed by atoms with E-state index in [4.69, 9.17) is 11.6 Å². The van der Waals surface area contributed by atoms with Gasteiger partial charge in [0.25, 0.3) is 5.91 Å². The molecule has 3 heterocycles. The van der Waals surface area contributed by atoms with Crippen molar-refractivity contribution in [2.45, 2.75) is 47.9 Å². The van der Waals surface area contributed by atoms with Gasteiger partial charge in [-0.05, 0) is 35.7 Å². The van der Waals surface area contributed by atoms with Crippen molar-refractivity contribution in [2.24, 2.45) is 0 Å². The minimum absolute atomic E-state index is 0.169. The zero-order valence-corrected chi connectivity index (χ0v) is 23.1. The van der Waals surface area contributed by atoms with E-state index in [0.29, 0.717) is 10.7 Å². The van der Waals surface area contributed by atoms with E-state index in [1.165, 1.54) is 11.2 Å². The molecule has 0 spiro atoms. The third-order valence-electron chi connectivity index (χ3n) is 7.53. The number of amides is 1. The highest BCUT2D eigenvalue weighted by Crippen LogP contribution is 2.45. The van der Waals surface area contributed by atoms with E-state index in [1.807, 2.05) is 55.4 Å². The van der Waals surface area contributed by atoms with Crippen LogP contribution in [0, 0.1) is 0 Å². The molecule has 39 heavy (non-hydrogen) atoms. The molecule has 1 amide bonds. The number of alkyl halides is 3. The third kappa shape index (κ3) is 4.90. The van der Waals surface area contributed by atoms with Crippen LogP contribution in [-0.4, -0.2) is 83.4 Å². The van der Waals surface area contributed by atoms with Crippen molar-refractivity contribution in [2.75, 3.05) is 32.2 Å². The first-order valence-corrected chi connectivity index (χ1v) is 13.8. The number of aliphatic hydroxyl groups is 1. The molecular weight excluding hydrogens is 553 g/mol. The molecule has 1 fully saturated rings. The zero-order chi connectivity index (χ0) is 28.2. The molecule has 0 aromatic heterocycles. The number of halogens is 4. The number of carbonyl (C=O) groups is 2. The van der Waals surface area contributed by atoms with Gasteiger partial charge in [-0.1, -0.05) is 41.9 Å². The molecular formula is C27H28ClF3N4O3S. The number of hydrogen-bond donors (Lipinski definition) is 1. The van der Waals surface area contributed by atoms with Gasteiger partial charge >= 0.3 is 6.18 Å². The number of ketones is 1. The van der Waals surface area contributed by atoms with Crippen LogP contribution in [0.5, 0.6) is 0 Å². The Morgan fingerprint density at radius 3 is 2.56 bits per heavy atom. The first kappa shape index (κ1) is 27.8. The standard InChI is InChI=1S/C27H28ClF3N4O3S/c1-15(27(29,30)31)34-14-33(35-12-19(28)24(36)25(37)23(35)26(34)38)11-18-17-8-4-5-10-21(17)39-13-16-7-6-9-20(22(16)18)32(2)3/h4-10,12,15,18,23,25,37H,11,13-14H2,1-3H3/t15-,18-,23?,25+/m1/s1. The van der Waals surface area contributed by atoms with Crippen molar-refractivity contribution in [3.05, 3.63) is 70.4 Å². The van der Waals surface area contributed by atoms with Gasteiger partial charge in [0.15, 0.2) is 6.04 Å². The number of carbonyl (C=O) groups excluding carboxylic acids is 2. The average Bonchev–Trinajstić information content (AvgIpc) is 3.04. The highest BCUT2D eigenvalue weighted by molar-refractivity contribution is 7.98. The second kappa shape index (κ2) is 10.3. The molecule has 4 atom stereocenters. The van der Waals surface area contributed by atoms with Gasteiger partial charge in [0.05, 0.1) is 6.67 Å². The van der Waals surface area contributed by atoms with E-state index < -0.39 is 42.7 Å². The number of rotatable bonds is 4. The van der Waals surface area contributed by atoms with E-state index in [0.717, 1.165) is 34.2 Å². The molecule has 5 rings (SSSR count). The summed E-state index contributed by atoms with van der Waals surface area (Å²) in [6, 6.07) is 10.3. The van der Waals surface area contributed by atoms with Crippen LogP contribution >= 0.6 is 23.4 Å². The van der Waals surface area contributed by atoms with Crippen molar-refractivity contribution in [3.63, 3.8) is 0 Å². The Bertz CT molecular complexity index is 1340. The molecule has 3 aliphatic rings. The maximum Gasteiger partial charge on any atom is 0.408 e. The van der Waals surface area contributed by atoms with Gasteiger partial charge in [-0.3, -0.25) is 14.6 Å². The lowest BCUT2D eigenvalue weighted by atomic mass is 9.86. The highest BCUT2D eigenvalue weighted by Gasteiger charge is 2.53. The van der Waals surface area contributed by atoms with Crippen LogP contribution in [0.4, 0.5) is 18.9 Å². The van der Waals surface area contributed by atoms with Gasteiger partial charge in [0, 0.05) is 49.1 Å². The largest absolute Gasteiger partial charge is 0.408 e. The Morgan fingerprint density at radius 2 is 1.87 bits per heavy atom. The summed E-state index contributed by atoms with van der Waals surface area (Å²) in [4.78, 5) is 29.5. The minimum atomic E-state index is -4.70. The zero-order valence-electron chi connectivity index (χ0n) is 21.5. The monoisotopic (exact) mass is 580 g/mol. The van der Waals surface area contributed by atoms with Gasteiger partial charge in [0.2, 0.25) is 5.78 Å². The summed E-state index contributed by atoms with van der Waals surface area (Å²) < 4.78 is 41.5. The summed E-state index contributed by atoms with van der Waals surface area (Å²) >= 11 is 7.82. The molecule has 1 unspecified atom stereocenters. The molecule has 12 heteroatoms. The molecule has 2 aromatic rings. The predicted octanol–water partition coefficient (Wildman–Crippen LogP) is 4.15. The number of thioether (sulfide) groups is 1. The number of anilines is 1. The molecule has 1 saturated heterocycles. The molecule has 3 aliphatic heterocycles. The Kier molecular flexibility index (Phi) is 7.38. The normalized spacial score (nSPS) is 24.4. The van der Waals surface area contributed by atoms with Crippen LogP contribution in [0.1, 0.15) is 29.5 Å². The second-order valence-electron chi connectivity index (χ2n) is 10.1. The van der Waals surface area contributed by atoms with Crippen LogP contribution < -0.4 is 4.90 Å². The van der Waals surface area contributed by atoms with Crippen LogP contribution in [0.3, 0.4) is 0 Å². The summed E-state index contributed by atoms with van der Waals surface area (Å²) in [5.41, 5.74) is 4.11. The molecule has 0 bridgehead atoms. The third-order valence-corrected chi connectivity index (χ3v) is 8.95. The lowest BCUT2D eigenvalue weighted by Crippen LogP contribution is -2.71. The van der Waals surface area contributed by atoms with E-state index in [-0.39, 0.29) is 17.5 Å². The lowest BCUT2D eigenvalue weighted by molar-refractivity contribution is -0.219. The van der Waals surface area contributed by atoms with Crippen molar-refractivity contribution in [3.8, 4) is 0 Å². The fraction of sp³-hybridized carbons (Fsp3) is 0.407. The fourth-order valence-corrected chi connectivity index (χ4v) is 6.78. The molecule has 208 valence electrons. The lowest BCUT2D eigenvalue weighted by Gasteiger charge is -2.52. The molecule has 7 nitrogen and oxygen atoms in total. The average molecular weight is 581 g/mol. The number of nitrogens with zero attached hydrogens (tertiary/aromatic N) is 4. The number of hydrogen-bond acceptors (Lipinski definition) is 7. The number of aliphatic hydroxyl groups excluding tert-OH is 1. The van der Waals surface area contributed by atoms with E-state index in [1.54, 1.807) is 16.8 Å². The molecule has 2 aromatic carbocycles. The molecule has 0 aliphatic carbocycles. The smallest absolute Gasteiger partial charge is 0.382 e. The van der Waals surface area contributed by atoms with Crippen molar-refractivity contribution in [1.29, 1.82) is 0 Å². The first-order valence-electron chi connectivity index (χ1n) is 12.4. The Morgan fingerprint density at radius 1 is 1.15 bits per heavy atom. The SMILES string of the molecule is C[C@@H](N1CN(C[C@@H]2c3ccccc3SCc3cccc(N(C)C)c32)N2C=C(Cl)C(=O)[C@@H](O)C2C1=O)C(F)(F)F. The maximum absolute atomic E-state index is 13.8. The number of fused-ring (bicyclic) bond motifs is 3. The Labute approximate surface area is 233 Å².